The predicted molar refractivity (Wildman–Crippen MR) is 80.0 cm³/mol. The topological polar surface area (TPSA) is 41.3 Å². The lowest BCUT2D eigenvalue weighted by Gasteiger charge is -2.28. The van der Waals surface area contributed by atoms with Gasteiger partial charge in [-0.1, -0.05) is 19.8 Å². The first-order valence-corrected chi connectivity index (χ1v) is 8.01. The van der Waals surface area contributed by atoms with Crippen molar-refractivity contribution in [1.82, 2.24) is 14.7 Å². The van der Waals surface area contributed by atoms with E-state index in [1.807, 2.05) is 11.7 Å². The molecule has 0 aromatic carbocycles. The summed E-state index contributed by atoms with van der Waals surface area (Å²) in [5, 5.41) is 14.1. The highest BCUT2D eigenvalue weighted by Crippen LogP contribution is 2.25. The third-order valence-corrected chi connectivity index (χ3v) is 4.98. The molecule has 1 aromatic rings. The van der Waals surface area contributed by atoms with Gasteiger partial charge in [-0.15, -0.1) is 0 Å². The normalized spacial score (nSPS) is 21.6. The number of likely N-dealkylation sites (tertiary alicyclic amines) is 1. The number of rotatable bonds is 4. The Kier molecular flexibility index (Phi) is 5.42. The van der Waals surface area contributed by atoms with E-state index in [1.165, 1.54) is 25.0 Å². The molecule has 1 aromatic heterocycles. The quantitative estimate of drug-likeness (QED) is 0.922. The van der Waals surface area contributed by atoms with E-state index < -0.39 is 0 Å². The highest BCUT2D eigenvalue weighted by Gasteiger charge is 2.23. The molecule has 19 heavy (non-hydrogen) atoms. The second-order valence-corrected chi connectivity index (χ2v) is 6.13. The van der Waals surface area contributed by atoms with E-state index in [4.69, 9.17) is 0 Å². The van der Waals surface area contributed by atoms with Crippen LogP contribution in [0.5, 0.6) is 0 Å². The van der Waals surface area contributed by atoms with Gasteiger partial charge in [-0.25, -0.2) is 0 Å². The van der Waals surface area contributed by atoms with Crippen LogP contribution in [-0.4, -0.2) is 39.0 Å². The number of hydrogen-bond acceptors (Lipinski definition) is 3. The van der Waals surface area contributed by atoms with Crippen molar-refractivity contribution in [2.24, 2.45) is 7.05 Å². The molecular formula is C14H24BrN3O. The Hall–Kier alpha value is -0.390. The zero-order chi connectivity index (χ0) is 13.8. The molecule has 108 valence electrons. The van der Waals surface area contributed by atoms with Gasteiger partial charge in [0.15, 0.2) is 0 Å². The number of aromatic nitrogens is 2. The van der Waals surface area contributed by atoms with Gasteiger partial charge in [0, 0.05) is 19.6 Å². The number of aryl methyl sites for hydroxylation is 2. The van der Waals surface area contributed by atoms with Crippen molar-refractivity contribution in [2.45, 2.75) is 51.6 Å². The summed E-state index contributed by atoms with van der Waals surface area (Å²) in [5.74, 6) is 0. The molecule has 1 saturated heterocycles. The van der Waals surface area contributed by atoms with Crippen molar-refractivity contribution in [2.75, 3.05) is 13.2 Å². The van der Waals surface area contributed by atoms with Gasteiger partial charge < -0.3 is 5.11 Å². The smallest absolute Gasteiger partial charge is 0.0767 e. The largest absolute Gasteiger partial charge is 0.395 e. The van der Waals surface area contributed by atoms with Gasteiger partial charge in [0.1, 0.15) is 0 Å². The van der Waals surface area contributed by atoms with E-state index in [9.17, 15) is 5.11 Å². The molecule has 2 rings (SSSR count). The van der Waals surface area contributed by atoms with Gasteiger partial charge in [-0.05, 0) is 41.7 Å². The fourth-order valence-electron chi connectivity index (χ4n) is 2.84. The van der Waals surface area contributed by atoms with Crippen molar-refractivity contribution in [3.8, 4) is 0 Å². The molecule has 2 heterocycles. The number of aliphatic hydroxyl groups excluding tert-OH is 1. The lowest BCUT2D eigenvalue weighted by molar-refractivity contribution is 0.116. The SMILES string of the molecule is CCc1nn(C)c(CN2CCCCCC2CO)c1Br. The van der Waals surface area contributed by atoms with E-state index in [1.54, 1.807) is 0 Å². The average molecular weight is 330 g/mol. The third kappa shape index (κ3) is 3.38. The summed E-state index contributed by atoms with van der Waals surface area (Å²) in [6.07, 6.45) is 5.78. The second kappa shape index (κ2) is 6.86. The standard InChI is InChI=1S/C14H24BrN3O/c1-3-12-14(15)13(17(2)16-12)9-18-8-6-4-5-7-11(18)10-19/h11,19H,3-10H2,1-2H3. The molecule has 1 unspecified atom stereocenters. The molecule has 0 bridgehead atoms. The first-order chi connectivity index (χ1) is 9.17. The Morgan fingerprint density at radius 3 is 2.79 bits per heavy atom. The van der Waals surface area contributed by atoms with E-state index in [0.29, 0.717) is 6.04 Å². The molecule has 1 aliphatic heterocycles. The fourth-order valence-corrected chi connectivity index (χ4v) is 3.58. The van der Waals surface area contributed by atoms with Crippen LogP contribution in [0.15, 0.2) is 4.47 Å². The van der Waals surface area contributed by atoms with Crippen molar-refractivity contribution in [1.29, 1.82) is 0 Å². The molecule has 4 nitrogen and oxygen atoms in total. The summed E-state index contributed by atoms with van der Waals surface area (Å²) in [6.45, 7) is 4.33. The minimum atomic E-state index is 0.260. The van der Waals surface area contributed by atoms with Gasteiger partial charge in [0.2, 0.25) is 0 Å². The molecule has 0 spiro atoms. The van der Waals surface area contributed by atoms with Crippen LogP contribution >= 0.6 is 15.9 Å². The fraction of sp³-hybridized carbons (Fsp3) is 0.786. The highest BCUT2D eigenvalue weighted by atomic mass is 79.9. The van der Waals surface area contributed by atoms with E-state index >= 15 is 0 Å². The second-order valence-electron chi connectivity index (χ2n) is 5.34. The Bertz CT molecular complexity index is 419. The van der Waals surface area contributed by atoms with Crippen molar-refractivity contribution >= 4 is 15.9 Å². The van der Waals surface area contributed by atoms with Crippen molar-refractivity contribution in [3.05, 3.63) is 15.9 Å². The molecule has 1 aliphatic rings. The molecule has 1 fully saturated rings. The molecule has 1 N–H and O–H groups in total. The predicted octanol–water partition coefficient (Wildman–Crippen LogP) is 2.48. The summed E-state index contributed by atoms with van der Waals surface area (Å²) < 4.78 is 3.11. The monoisotopic (exact) mass is 329 g/mol. The van der Waals surface area contributed by atoms with Crippen LogP contribution in [0.3, 0.4) is 0 Å². The maximum Gasteiger partial charge on any atom is 0.0767 e. The summed E-state index contributed by atoms with van der Waals surface area (Å²) in [4.78, 5) is 2.41. The lowest BCUT2D eigenvalue weighted by atomic mass is 10.1. The molecule has 0 amide bonds. The van der Waals surface area contributed by atoms with Crippen LogP contribution in [0.25, 0.3) is 0 Å². The lowest BCUT2D eigenvalue weighted by Crippen LogP contribution is -2.37. The first-order valence-electron chi connectivity index (χ1n) is 7.22. The summed E-state index contributed by atoms with van der Waals surface area (Å²) in [7, 11) is 2.00. The van der Waals surface area contributed by atoms with Gasteiger partial charge >= 0.3 is 0 Å². The first kappa shape index (κ1) is 15.0. The van der Waals surface area contributed by atoms with Crippen LogP contribution in [0.2, 0.25) is 0 Å². The zero-order valence-corrected chi connectivity index (χ0v) is 13.5. The van der Waals surface area contributed by atoms with Crippen LogP contribution in [0.1, 0.15) is 44.0 Å². The third-order valence-electron chi connectivity index (χ3n) is 4.07. The van der Waals surface area contributed by atoms with Crippen molar-refractivity contribution in [3.63, 3.8) is 0 Å². The Labute approximate surface area is 123 Å². The maximum absolute atomic E-state index is 9.58. The van der Waals surface area contributed by atoms with Gasteiger partial charge in [0.05, 0.1) is 22.5 Å². The number of halogens is 1. The highest BCUT2D eigenvalue weighted by molar-refractivity contribution is 9.10. The Morgan fingerprint density at radius 2 is 2.16 bits per heavy atom. The summed E-state index contributed by atoms with van der Waals surface area (Å²) >= 11 is 3.68. The zero-order valence-electron chi connectivity index (χ0n) is 11.9. The average Bonchev–Trinajstić information content (AvgIpc) is 2.60. The van der Waals surface area contributed by atoms with Crippen LogP contribution in [0, 0.1) is 0 Å². The molecule has 0 saturated carbocycles. The van der Waals surface area contributed by atoms with Gasteiger partial charge in [-0.2, -0.15) is 5.10 Å². The number of nitrogens with zero attached hydrogens (tertiary/aromatic N) is 3. The summed E-state index contributed by atoms with van der Waals surface area (Å²) in [6, 6.07) is 0.300. The summed E-state index contributed by atoms with van der Waals surface area (Å²) in [5.41, 5.74) is 2.34. The maximum atomic E-state index is 9.58. The molecular weight excluding hydrogens is 306 g/mol. The Balaban J connectivity index is 2.16. The molecule has 5 heteroatoms. The van der Waals surface area contributed by atoms with Crippen LogP contribution in [0.4, 0.5) is 0 Å². The molecule has 0 radical (unpaired) electrons. The van der Waals surface area contributed by atoms with Crippen LogP contribution < -0.4 is 0 Å². The Morgan fingerprint density at radius 1 is 1.37 bits per heavy atom. The number of hydrogen-bond donors (Lipinski definition) is 1. The van der Waals surface area contributed by atoms with E-state index in [2.05, 4.69) is 32.9 Å². The number of aliphatic hydroxyl groups is 1. The van der Waals surface area contributed by atoms with E-state index in [0.717, 1.165) is 36.1 Å². The van der Waals surface area contributed by atoms with Gasteiger partial charge in [-0.3, -0.25) is 9.58 Å². The van der Waals surface area contributed by atoms with Gasteiger partial charge in [0.25, 0.3) is 0 Å². The molecule has 0 aliphatic carbocycles. The minimum absolute atomic E-state index is 0.260. The minimum Gasteiger partial charge on any atom is -0.395 e. The molecule has 1 atom stereocenters. The van der Waals surface area contributed by atoms with Crippen molar-refractivity contribution < 1.29 is 5.11 Å². The van der Waals surface area contributed by atoms with E-state index in [-0.39, 0.29) is 6.61 Å². The van der Waals surface area contributed by atoms with Crippen LogP contribution in [-0.2, 0) is 20.0 Å².